The molecule has 2 nitrogen and oxygen atoms in total. The van der Waals surface area contributed by atoms with E-state index in [9.17, 15) is 0 Å². The Hall–Kier alpha value is -0.540. The van der Waals surface area contributed by atoms with Crippen LogP contribution < -0.4 is 0 Å². The molecule has 3 heteroatoms. The fourth-order valence-corrected chi connectivity index (χ4v) is 2.53. The number of rotatable bonds is 8. The number of thiol groups is 1. The molecule has 0 saturated carbocycles. The van der Waals surface area contributed by atoms with Crippen molar-refractivity contribution in [2.75, 3.05) is 18.8 Å². The highest BCUT2D eigenvalue weighted by Crippen LogP contribution is 2.12. The van der Waals surface area contributed by atoms with E-state index < -0.39 is 0 Å². The van der Waals surface area contributed by atoms with Crippen LogP contribution in [0.25, 0.3) is 0 Å². The van der Waals surface area contributed by atoms with Gasteiger partial charge in [-0.3, -0.25) is 9.88 Å². The molecule has 0 fully saturated rings. The lowest BCUT2D eigenvalue weighted by Gasteiger charge is -2.25. The monoisotopic (exact) mass is 266 g/mol. The number of hydrogen-bond acceptors (Lipinski definition) is 3. The molecule has 0 aliphatic rings. The first-order chi connectivity index (χ1) is 8.69. The number of aromatic nitrogens is 1. The summed E-state index contributed by atoms with van der Waals surface area (Å²) in [6.07, 6.45) is 2.51. The van der Waals surface area contributed by atoms with Gasteiger partial charge in [-0.1, -0.05) is 26.3 Å². The highest BCUT2D eigenvalue weighted by Gasteiger charge is 2.12. The first kappa shape index (κ1) is 15.5. The average molecular weight is 266 g/mol. The van der Waals surface area contributed by atoms with E-state index in [0.717, 1.165) is 31.1 Å². The van der Waals surface area contributed by atoms with E-state index >= 15 is 0 Å². The highest BCUT2D eigenvalue weighted by atomic mass is 32.1. The van der Waals surface area contributed by atoms with Gasteiger partial charge in [0, 0.05) is 18.8 Å². The summed E-state index contributed by atoms with van der Waals surface area (Å²) in [4.78, 5) is 7.05. The van der Waals surface area contributed by atoms with E-state index in [4.69, 9.17) is 0 Å². The van der Waals surface area contributed by atoms with Gasteiger partial charge in [-0.05, 0) is 43.7 Å². The largest absolute Gasteiger partial charge is 0.297 e. The molecular formula is C15H26N2S. The summed E-state index contributed by atoms with van der Waals surface area (Å²) < 4.78 is 0. The molecule has 18 heavy (non-hydrogen) atoms. The molecule has 0 N–H and O–H groups in total. The van der Waals surface area contributed by atoms with Gasteiger partial charge in [0.25, 0.3) is 0 Å². The second-order valence-corrected chi connectivity index (χ2v) is 5.30. The van der Waals surface area contributed by atoms with Gasteiger partial charge in [0.2, 0.25) is 0 Å². The van der Waals surface area contributed by atoms with E-state index in [0.29, 0.717) is 5.92 Å². The molecule has 0 aliphatic heterocycles. The zero-order valence-corrected chi connectivity index (χ0v) is 12.8. The van der Waals surface area contributed by atoms with Crippen molar-refractivity contribution in [2.45, 2.75) is 40.2 Å². The first-order valence-corrected chi connectivity index (χ1v) is 7.58. The van der Waals surface area contributed by atoms with Crippen molar-refractivity contribution in [3.8, 4) is 0 Å². The minimum atomic E-state index is 0.697. The molecule has 1 atom stereocenters. The van der Waals surface area contributed by atoms with Crippen LogP contribution in [0.2, 0.25) is 0 Å². The lowest BCUT2D eigenvalue weighted by molar-refractivity contribution is 0.234. The number of pyridine rings is 1. The molecule has 102 valence electrons. The summed E-state index contributed by atoms with van der Waals surface area (Å²) in [6.45, 7) is 9.67. The molecule has 0 radical (unpaired) electrons. The summed E-state index contributed by atoms with van der Waals surface area (Å²) in [5, 5.41) is 0. The SMILES string of the molecule is CCCC(CS)CN(CC)Cc1cccc(C)n1. The summed E-state index contributed by atoms with van der Waals surface area (Å²) in [7, 11) is 0. The van der Waals surface area contributed by atoms with E-state index in [1.54, 1.807) is 0 Å². The van der Waals surface area contributed by atoms with Gasteiger partial charge in [-0.15, -0.1) is 0 Å². The van der Waals surface area contributed by atoms with Crippen LogP contribution >= 0.6 is 12.6 Å². The van der Waals surface area contributed by atoms with Crippen molar-refractivity contribution in [1.29, 1.82) is 0 Å². The third kappa shape index (κ3) is 5.40. The molecule has 1 rings (SSSR count). The Morgan fingerprint density at radius 1 is 1.33 bits per heavy atom. The molecule has 0 aromatic carbocycles. The average Bonchev–Trinajstić information content (AvgIpc) is 2.37. The highest BCUT2D eigenvalue weighted by molar-refractivity contribution is 7.80. The third-order valence-electron chi connectivity index (χ3n) is 3.25. The second-order valence-electron chi connectivity index (χ2n) is 4.94. The lowest BCUT2D eigenvalue weighted by atomic mass is 10.1. The standard InChI is InChI=1S/C15H26N2S/c1-4-7-14(12-18)10-17(5-2)11-15-9-6-8-13(3)16-15/h6,8-9,14,18H,4-5,7,10-12H2,1-3H3. The molecule has 1 heterocycles. The van der Waals surface area contributed by atoms with Gasteiger partial charge >= 0.3 is 0 Å². The Labute approximate surface area is 117 Å². The van der Waals surface area contributed by atoms with E-state index in [2.05, 4.69) is 48.5 Å². The van der Waals surface area contributed by atoms with Crippen LogP contribution in [0.1, 0.15) is 38.1 Å². The smallest absolute Gasteiger partial charge is 0.0547 e. The van der Waals surface area contributed by atoms with Crippen LogP contribution in [0.15, 0.2) is 18.2 Å². The first-order valence-electron chi connectivity index (χ1n) is 6.95. The van der Waals surface area contributed by atoms with E-state index in [1.807, 2.05) is 13.0 Å². The molecule has 1 aromatic rings. The molecule has 1 aromatic heterocycles. The maximum Gasteiger partial charge on any atom is 0.0547 e. The van der Waals surface area contributed by atoms with Crippen molar-refractivity contribution in [3.05, 3.63) is 29.6 Å². The van der Waals surface area contributed by atoms with Crippen molar-refractivity contribution >= 4 is 12.6 Å². The second kappa shape index (κ2) is 8.54. The summed E-state index contributed by atoms with van der Waals surface area (Å²) in [6, 6.07) is 6.26. The van der Waals surface area contributed by atoms with Crippen LogP contribution in [0.3, 0.4) is 0 Å². The minimum absolute atomic E-state index is 0.697. The van der Waals surface area contributed by atoms with Crippen LogP contribution in [0.4, 0.5) is 0 Å². The molecular weight excluding hydrogens is 240 g/mol. The normalized spacial score (nSPS) is 12.9. The van der Waals surface area contributed by atoms with Crippen molar-refractivity contribution in [3.63, 3.8) is 0 Å². The van der Waals surface area contributed by atoms with Crippen molar-refractivity contribution in [2.24, 2.45) is 5.92 Å². The maximum absolute atomic E-state index is 4.58. The predicted molar refractivity (Wildman–Crippen MR) is 82.2 cm³/mol. The fourth-order valence-electron chi connectivity index (χ4n) is 2.24. The Morgan fingerprint density at radius 3 is 2.67 bits per heavy atom. The van der Waals surface area contributed by atoms with Gasteiger partial charge in [0.1, 0.15) is 0 Å². The van der Waals surface area contributed by atoms with Gasteiger partial charge in [-0.2, -0.15) is 12.6 Å². The topological polar surface area (TPSA) is 16.1 Å². The van der Waals surface area contributed by atoms with E-state index in [1.165, 1.54) is 18.5 Å². The Bertz CT molecular complexity index is 341. The zero-order valence-electron chi connectivity index (χ0n) is 11.9. The molecule has 0 saturated heterocycles. The Kier molecular flexibility index (Phi) is 7.36. The summed E-state index contributed by atoms with van der Waals surface area (Å²) in [5.74, 6) is 1.68. The van der Waals surface area contributed by atoms with Crippen LogP contribution in [-0.4, -0.2) is 28.7 Å². The predicted octanol–water partition coefficient (Wildman–Crippen LogP) is 3.56. The van der Waals surface area contributed by atoms with Gasteiger partial charge in [0.05, 0.1) is 5.69 Å². The molecule has 0 bridgehead atoms. The van der Waals surface area contributed by atoms with Crippen LogP contribution in [0, 0.1) is 12.8 Å². The minimum Gasteiger partial charge on any atom is -0.297 e. The van der Waals surface area contributed by atoms with Gasteiger partial charge in [0.15, 0.2) is 0 Å². The van der Waals surface area contributed by atoms with Crippen molar-refractivity contribution in [1.82, 2.24) is 9.88 Å². The maximum atomic E-state index is 4.58. The zero-order chi connectivity index (χ0) is 13.4. The fraction of sp³-hybridized carbons (Fsp3) is 0.667. The molecule has 1 unspecified atom stereocenters. The summed E-state index contributed by atoms with van der Waals surface area (Å²) >= 11 is 4.46. The van der Waals surface area contributed by atoms with Gasteiger partial charge < -0.3 is 0 Å². The number of nitrogens with zero attached hydrogens (tertiary/aromatic N) is 2. The Balaban J connectivity index is 2.55. The van der Waals surface area contributed by atoms with Crippen LogP contribution in [0.5, 0.6) is 0 Å². The third-order valence-corrected chi connectivity index (χ3v) is 3.77. The molecule has 0 aliphatic carbocycles. The van der Waals surface area contributed by atoms with Crippen LogP contribution in [-0.2, 0) is 6.54 Å². The van der Waals surface area contributed by atoms with Gasteiger partial charge in [-0.25, -0.2) is 0 Å². The summed E-state index contributed by atoms with van der Waals surface area (Å²) in [5.41, 5.74) is 2.27. The quantitative estimate of drug-likeness (QED) is 0.724. The number of hydrogen-bond donors (Lipinski definition) is 1. The van der Waals surface area contributed by atoms with Crippen molar-refractivity contribution < 1.29 is 0 Å². The Morgan fingerprint density at radius 2 is 2.11 bits per heavy atom. The molecule has 0 amide bonds. The van der Waals surface area contributed by atoms with E-state index in [-0.39, 0.29) is 0 Å². The number of aryl methyl sites for hydroxylation is 1. The molecule has 0 spiro atoms. The lowest BCUT2D eigenvalue weighted by Crippen LogP contribution is -2.30.